The van der Waals surface area contributed by atoms with Crippen molar-refractivity contribution in [1.29, 1.82) is 0 Å². The molecule has 0 bridgehead atoms. The van der Waals surface area contributed by atoms with Gasteiger partial charge in [-0.3, -0.25) is 14.4 Å². The summed E-state index contributed by atoms with van der Waals surface area (Å²) in [7, 11) is 0. The molecule has 3 heterocycles. The number of urea groups is 1. The monoisotopic (exact) mass is 477 g/mol. The molecule has 2 saturated heterocycles. The largest absolute Gasteiger partial charge is 0.341 e. The quantitative estimate of drug-likeness (QED) is 0.568. The van der Waals surface area contributed by atoms with Crippen molar-refractivity contribution < 1.29 is 18.8 Å². The van der Waals surface area contributed by atoms with E-state index < -0.39 is 23.8 Å². The molecule has 1 N–H and O–H groups in total. The standard InChI is InChI=1S/C25H24FN5O4/c1-15-24(34)31(25(35)30(15)14-22(32)29-10-4-5-11-29)21-13-16(8-9-19(21)26)12-20-17-6-2-3-7-18(17)23(33)28-27-20/h2-3,6-9,13,15H,4-5,10-12,14H2,1H3,(H,28,33). The number of likely N-dealkylation sites (tertiary alicyclic amines) is 1. The Bertz CT molecular complexity index is 1400. The SMILES string of the molecule is CC1C(=O)N(c2cc(Cc3n[nH]c(=O)c4ccccc34)ccc2F)C(=O)N1CC(=O)N1CCCC1. The highest BCUT2D eigenvalue weighted by Gasteiger charge is 2.45. The van der Waals surface area contributed by atoms with Gasteiger partial charge >= 0.3 is 6.03 Å². The smallest absolute Gasteiger partial charge is 0.332 e. The van der Waals surface area contributed by atoms with Crippen LogP contribution in [0.15, 0.2) is 47.3 Å². The van der Waals surface area contributed by atoms with Crippen LogP contribution in [0.4, 0.5) is 14.9 Å². The first-order chi connectivity index (χ1) is 16.8. The molecular formula is C25H24FN5O4. The van der Waals surface area contributed by atoms with Gasteiger partial charge < -0.3 is 9.80 Å². The first kappa shape index (κ1) is 22.7. The van der Waals surface area contributed by atoms with E-state index in [1.807, 2.05) is 0 Å². The van der Waals surface area contributed by atoms with E-state index in [4.69, 9.17) is 0 Å². The molecule has 5 rings (SSSR count). The van der Waals surface area contributed by atoms with Crippen molar-refractivity contribution in [2.24, 2.45) is 0 Å². The molecule has 1 atom stereocenters. The van der Waals surface area contributed by atoms with Crippen LogP contribution in [0.3, 0.4) is 0 Å². The highest BCUT2D eigenvalue weighted by molar-refractivity contribution is 6.21. The zero-order valence-corrected chi connectivity index (χ0v) is 19.2. The molecule has 2 fully saturated rings. The lowest BCUT2D eigenvalue weighted by Gasteiger charge is -2.22. The number of aromatic nitrogens is 2. The van der Waals surface area contributed by atoms with Gasteiger partial charge in [0, 0.05) is 24.9 Å². The summed E-state index contributed by atoms with van der Waals surface area (Å²) in [6.07, 6.45) is 2.07. The maximum atomic E-state index is 14.9. The lowest BCUT2D eigenvalue weighted by molar-refractivity contribution is -0.131. The minimum Gasteiger partial charge on any atom is -0.341 e. The average molecular weight is 477 g/mol. The minimum absolute atomic E-state index is 0.172. The van der Waals surface area contributed by atoms with E-state index in [1.165, 1.54) is 24.0 Å². The maximum absolute atomic E-state index is 14.9. The second-order valence-corrected chi connectivity index (χ2v) is 8.86. The van der Waals surface area contributed by atoms with Gasteiger partial charge in [-0.1, -0.05) is 24.3 Å². The zero-order valence-electron chi connectivity index (χ0n) is 19.2. The van der Waals surface area contributed by atoms with Gasteiger partial charge in [0.1, 0.15) is 18.4 Å². The van der Waals surface area contributed by atoms with Crippen LogP contribution in [0.1, 0.15) is 31.0 Å². The molecule has 35 heavy (non-hydrogen) atoms. The Morgan fingerprint density at radius 2 is 1.80 bits per heavy atom. The molecule has 4 amide bonds. The fourth-order valence-corrected chi connectivity index (χ4v) is 4.69. The molecule has 1 aromatic heterocycles. The van der Waals surface area contributed by atoms with Crippen LogP contribution in [0, 0.1) is 5.82 Å². The molecule has 3 aromatic rings. The second kappa shape index (κ2) is 8.94. The molecule has 0 aliphatic carbocycles. The number of nitrogens with zero attached hydrogens (tertiary/aromatic N) is 4. The Morgan fingerprint density at radius 3 is 2.54 bits per heavy atom. The number of halogens is 1. The molecule has 180 valence electrons. The molecule has 10 heteroatoms. The molecule has 2 aromatic carbocycles. The highest BCUT2D eigenvalue weighted by Crippen LogP contribution is 2.30. The number of nitrogens with one attached hydrogen (secondary N) is 1. The number of imide groups is 1. The van der Waals surface area contributed by atoms with Gasteiger partial charge in [-0.15, -0.1) is 0 Å². The number of aromatic amines is 1. The van der Waals surface area contributed by atoms with Crippen molar-refractivity contribution in [3.8, 4) is 0 Å². The third-order valence-electron chi connectivity index (χ3n) is 6.64. The van der Waals surface area contributed by atoms with Crippen LogP contribution in [-0.4, -0.2) is 63.5 Å². The summed E-state index contributed by atoms with van der Waals surface area (Å²) < 4.78 is 14.9. The Balaban J connectivity index is 1.43. The third kappa shape index (κ3) is 4.05. The van der Waals surface area contributed by atoms with Crippen molar-refractivity contribution in [3.63, 3.8) is 0 Å². The molecule has 9 nitrogen and oxygen atoms in total. The van der Waals surface area contributed by atoms with Crippen LogP contribution in [-0.2, 0) is 16.0 Å². The topological polar surface area (TPSA) is 107 Å². The summed E-state index contributed by atoms with van der Waals surface area (Å²) >= 11 is 0. The first-order valence-corrected chi connectivity index (χ1v) is 11.5. The summed E-state index contributed by atoms with van der Waals surface area (Å²) in [4.78, 5) is 54.5. The third-order valence-corrected chi connectivity index (χ3v) is 6.64. The van der Waals surface area contributed by atoms with Gasteiger partial charge in [0.05, 0.1) is 16.8 Å². The van der Waals surface area contributed by atoms with E-state index in [1.54, 1.807) is 35.2 Å². The first-order valence-electron chi connectivity index (χ1n) is 11.5. The molecule has 0 radical (unpaired) electrons. The molecule has 2 aliphatic heterocycles. The fraction of sp³-hybridized carbons (Fsp3) is 0.320. The van der Waals surface area contributed by atoms with Gasteiger partial charge in [-0.25, -0.2) is 19.2 Å². The fourth-order valence-electron chi connectivity index (χ4n) is 4.69. The number of carbonyl (C=O) groups excluding carboxylic acids is 3. The number of anilines is 1. The average Bonchev–Trinajstić information content (AvgIpc) is 3.47. The van der Waals surface area contributed by atoms with Crippen molar-refractivity contribution in [1.82, 2.24) is 20.0 Å². The summed E-state index contributed by atoms with van der Waals surface area (Å²) in [5.41, 5.74) is 0.693. The number of fused-ring (bicyclic) bond motifs is 1. The summed E-state index contributed by atoms with van der Waals surface area (Å²) in [6.45, 7) is 2.58. The summed E-state index contributed by atoms with van der Waals surface area (Å²) in [5.74, 6) is -1.54. The van der Waals surface area contributed by atoms with Crippen molar-refractivity contribution in [2.75, 3.05) is 24.5 Å². The van der Waals surface area contributed by atoms with Crippen LogP contribution >= 0.6 is 0 Å². The van der Waals surface area contributed by atoms with Crippen molar-refractivity contribution in [2.45, 2.75) is 32.2 Å². The molecule has 0 saturated carbocycles. The molecule has 1 unspecified atom stereocenters. The van der Waals surface area contributed by atoms with Gasteiger partial charge in [-0.05, 0) is 43.5 Å². The lowest BCUT2D eigenvalue weighted by Crippen LogP contribution is -2.43. The van der Waals surface area contributed by atoms with Crippen LogP contribution in [0.25, 0.3) is 10.8 Å². The van der Waals surface area contributed by atoms with Gasteiger partial charge in [0.25, 0.3) is 11.5 Å². The number of H-pyrrole nitrogens is 1. The normalized spacial score (nSPS) is 18.2. The molecular weight excluding hydrogens is 453 g/mol. The van der Waals surface area contributed by atoms with E-state index in [0.717, 1.165) is 17.7 Å². The highest BCUT2D eigenvalue weighted by atomic mass is 19.1. The molecule has 2 aliphatic rings. The Hall–Kier alpha value is -4.08. The Morgan fingerprint density at radius 1 is 1.09 bits per heavy atom. The number of hydrogen-bond acceptors (Lipinski definition) is 5. The van der Waals surface area contributed by atoms with E-state index in [2.05, 4.69) is 10.2 Å². The van der Waals surface area contributed by atoms with Crippen molar-refractivity contribution >= 4 is 34.3 Å². The predicted octanol–water partition coefficient (Wildman–Crippen LogP) is 2.43. The van der Waals surface area contributed by atoms with Crippen LogP contribution in [0.2, 0.25) is 0 Å². The van der Waals surface area contributed by atoms with Crippen LogP contribution < -0.4 is 10.5 Å². The Labute approximate surface area is 200 Å². The predicted molar refractivity (Wildman–Crippen MR) is 126 cm³/mol. The number of benzene rings is 2. The maximum Gasteiger partial charge on any atom is 0.332 e. The van der Waals surface area contributed by atoms with E-state index in [0.29, 0.717) is 35.1 Å². The number of hydrogen-bond donors (Lipinski definition) is 1. The number of rotatable bonds is 5. The second-order valence-electron chi connectivity index (χ2n) is 8.86. The van der Waals surface area contributed by atoms with Gasteiger partial charge in [-0.2, -0.15) is 5.10 Å². The van der Waals surface area contributed by atoms with E-state index in [9.17, 15) is 23.6 Å². The summed E-state index contributed by atoms with van der Waals surface area (Å²) in [6, 6.07) is 9.59. The minimum atomic E-state index is -0.887. The number of amides is 4. The van der Waals surface area contributed by atoms with E-state index >= 15 is 0 Å². The van der Waals surface area contributed by atoms with E-state index in [-0.39, 0.29) is 30.1 Å². The lowest BCUT2D eigenvalue weighted by atomic mass is 10.0. The van der Waals surface area contributed by atoms with Crippen LogP contribution in [0.5, 0.6) is 0 Å². The Kier molecular flexibility index (Phi) is 5.80. The van der Waals surface area contributed by atoms with Gasteiger partial charge in [0.15, 0.2) is 0 Å². The van der Waals surface area contributed by atoms with Crippen molar-refractivity contribution in [3.05, 3.63) is 69.9 Å². The summed E-state index contributed by atoms with van der Waals surface area (Å²) in [5, 5.41) is 7.76. The number of carbonyl (C=O) groups is 3. The zero-order chi connectivity index (χ0) is 24.7. The molecule has 0 spiro atoms. The van der Waals surface area contributed by atoms with Gasteiger partial charge in [0.2, 0.25) is 5.91 Å².